The van der Waals surface area contributed by atoms with Crippen molar-refractivity contribution in [2.24, 2.45) is 11.8 Å². The standard InChI is InChI=1S/C11H16O3/c1-3-7-6-13-11-8(7)5-10(12)14-9(11)4-2/h3-4,7-12H,1-2,5-6H2/t7-,8-,9-,10?,11+/m0/s1. The minimum Gasteiger partial charge on any atom is -0.374 e. The second-order valence-corrected chi connectivity index (χ2v) is 3.89. The Balaban J connectivity index is 2.14. The van der Waals surface area contributed by atoms with Crippen LogP contribution in [-0.2, 0) is 9.47 Å². The van der Waals surface area contributed by atoms with Crippen molar-refractivity contribution < 1.29 is 14.6 Å². The highest BCUT2D eigenvalue weighted by molar-refractivity contribution is 5.02. The molecule has 1 unspecified atom stereocenters. The molecule has 2 aliphatic heterocycles. The number of aliphatic hydroxyl groups excluding tert-OH is 1. The first kappa shape index (κ1) is 9.90. The molecule has 2 saturated heterocycles. The Morgan fingerprint density at radius 3 is 2.71 bits per heavy atom. The molecule has 0 bridgehead atoms. The minimum absolute atomic E-state index is 0.0406. The van der Waals surface area contributed by atoms with Crippen LogP contribution in [0.3, 0.4) is 0 Å². The topological polar surface area (TPSA) is 38.7 Å². The fourth-order valence-corrected chi connectivity index (χ4v) is 2.34. The van der Waals surface area contributed by atoms with E-state index in [9.17, 15) is 5.11 Å². The molecule has 3 heteroatoms. The molecular weight excluding hydrogens is 180 g/mol. The van der Waals surface area contributed by atoms with Gasteiger partial charge in [0.15, 0.2) is 6.29 Å². The summed E-state index contributed by atoms with van der Waals surface area (Å²) in [6.45, 7) is 8.15. The summed E-state index contributed by atoms with van der Waals surface area (Å²) in [6.07, 6.45) is 3.40. The summed E-state index contributed by atoms with van der Waals surface area (Å²) in [6, 6.07) is 0. The Kier molecular flexibility index (Phi) is 2.72. The lowest BCUT2D eigenvalue weighted by molar-refractivity contribution is -0.196. The Morgan fingerprint density at radius 2 is 2.07 bits per heavy atom. The lowest BCUT2D eigenvalue weighted by Gasteiger charge is -2.35. The van der Waals surface area contributed by atoms with Crippen molar-refractivity contribution in [1.82, 2.24) is 0 Å². The molecule has 78 valence electrons. The zero-order chi connectivity index (χ0) is 10.1. The molecule has 0 spiro atoms. The van der Waals surface area contributed by atoms with E-state index in [2.05, 4.69) is 13.2 Å². The van der Waals surface area contributed by atoms with Gasteiger partial charge in [-0.1, -0.05) is 12.2 Å². The van der Waals surface area contributed by atoms with Gasteiger partial charge in [0, 0.05) is 18.3 Å². The van der Waals surface area contributed by atoms with Gasteiger partial charge in [0.25, 0.3) is 0 Å². The van der Waals surface area contributed by atoms with Crippen LogP contribution in [0, 0.1) is 11.8 Å². The lowest BCUT2D eigenvalue weighted by atomic mass is 9.84. The van der Waals surface area contributed by atoms with Crippen LogP contribution >= 0.6 is 0 Å². The molecule has 2 rings (SSSR count). The molecule has 0 aliphatic carbocycles. The van der Waals surface area contributed by atoms with Crippen LogP contribution in [0.5, 0.6) is 0 Å². The van der Waals surface area contributed by atoms with E-state index in [0.717, 1.165) is 0 Å². The van der Waals surface area contributed by atoms with E-state index in [4.69, 9.17) is 9.47 Å². The number of hydrogen-bond donors (Lipinski definition) is 1. The van der Waals surface area contributed by atoms with Gasteiger partial charge in [-0.05, 0) is 0 Å². The fraction of sp³-hybridized carbons (Fsp3) is 0.636. The van der Waals surface area contributed by atoms with Crippen molar-refractivity contribution in [2.45, 2.75) is 24.9 Å². The molecule has 5 atom stereocenters. The monoisotopic (exact) mass is 196 g/mol. The highest BCUT2D eigenvalue weighted by Gasteiger charge is 2.44. The van der Waals surface area contributed by atoms with Gasteiger partial charge < -0.3 is 14.6 Å². The molecule has 0 amide bonds. The van der Waals surface area contributed by atoms with Crippen molar-refractivity contribution in [3.63, 3.8) is 0 Å². The zero-order valence-corrected chi connectivity index (χ0v) is 8.13. The molecule has 2 heterocycles. The molecule has 2 aliphatic rings. The van der Waals surface area contributed by atoms with Crippen molar-refractivity contribution in [3.05, 3.63) is 25.3 Å². The van der Waals surface area contributed by atoms with Gasteiger partial charge in [0.2, 0.25) is 0 Å². The van der Waals surface area contributed by atoms with E-state index < -0.39 is 6.29 Å². The van der Waals surface area contributed by atoms with Crippen LogP contribution in [-0.4, -0.2) is 30.2 Å². The summed E-state index contributed by atoms with van der Waals surface area (Å²) in [5.41, 5.74) is 0. The van der Waals surface area contributed by atoms with Crippen LogP contribution in [0.2, 0.25) is 0 Å². The Hall–Kier alpha value is -0.640. The summed E-state index contributed by atoms with van der Waals surface area (Å²) in [5.74, 6) is 0.653. The van der Waals surface area contributed by atoms with Crippen molar-refractivity contribution in [3.8, 4) is 0 Å². The van der Waals surface area contributed by atoms with E-state index in [0.29, 0.717) is 24.9 Å². The first-order chi connectivity index (χ1) is 6.76. The zero-order valence-electron chi connectivity index (χ0n) is 8.13. The number of aliphatic hydroxyl groups is 1. The molecule has 14 heavy (non-hydrogen) atoms. The van der Waals surface area contributed by atoms with Crippen molar-refractivity contribution >= 4 is 0 Å². The second kappa shape index (κ2) is 3.85. The summed E-state index contributed by atoms with van der Waals surface area (Å²) in [5, 5.41) is 9.51. The molecule has 0 aromatic rings. The van der Waals surface area contributed by atoms with Gasteiger partial charge >= 0.3 is 0 Å². The van der Waals surface area contributed by atoms with Crippen molar-refractivity contribution in [2.75, 3.05) is 6.61 Å². The van der Waals surface area contributed by atoms with Crippen molar-refractivity contribution in [1.29, 1.82) is 0 Å². The molecule has 0 aromatic heterocycles. The van der Waals surface area contributed by atoms with Gasteiger partial charge in [-0.25, -0.2) is 0 Å². The van der Waals surface area contributed by atoms with Gasteiger partial charge in [-0.2, -0.15) is 0 Å². The summed E-state index contributed by atoms with van der Waals surface area (Å²) < 4.78 is 11.0. The summed E-state index contributed by atoms with van der Waals surface area (Å²) in [7, 11) is 0. The number of ether oxygens (including phenoxy) is 2. The molecular formula is C11H16O3. The Labute approximate surface area is 84.0 Å². The predicted octanol–water partition coefficient (Wildman–Crippen LogP) is 1.10. The molecule has 0 radical (unpaired) electrons. The average molecular weight is 196 g/mol. The largest absolute Gasteiger partial charge is 0.374 e. The third-order valence-corrected chi connectivity index (χ3v) is 3.10. The van der Waals surface area contributed by atoms with Crippen LogP contribution in [0.25, 0.3) is 0 Å². The summed E-state index contributed by atoms with van der Waals surface area (Å²) >= 11 is 0. The smallest absolute Gasteiger partial charge is 0.155 e. The Bertz CT molecular complexity index is 239. The number of rotatable bonds is 2. The van der Waals surface area contributed by atoms with Crippen LogP contribution in [0.4, 0.5) is 0 Å². The maximum absolute atomic E-state index is 9.51. The minimum atomic E-state index is -0.691. The highest BCUT2D eigenvalue weighted by atomic mass is 16.6. The van der Waals surface area contributed by atoms with Gasteiger partial charge in [0.05, 0.1) is 12.7 Å². The first-order valence-corrected chi connectivity index (χ1v) is 4.96. The molecule has 2 fully saturated rings. The molecule has 3 nitrogen and oxygen atoms in total. The second-order valence-electron chi connectivity index (χ2n) is 3.89. The third kappa shape index (κ3) is 1.52. The van der Waals surface area contributed by atoms with E-state index in [-0.39, 0.29) is 12.2 Å². The van der Waals surface area contributed by atoms with Crippen LogP contribution in [0.15, 0.2) is 25.3 Å². The first-order valence-electron chi connectivity index (χ1n) is 4.96. The molecule has 1 N–H and O–H groups in total. The van der Waals surface area contributed by atoms with E-state index in [1.807, 2.05) is 6.08 Å². The van der Waals surface area contributed by atoms with Gasteiger partial charge in [0.1, 0.15) is 6.10 Å². The normalized spacial score (nSPS) is 47.1. The maximum atomic E-state index is 9.51. The lowest BCUT2D eigenvalue weighted by Crippen LogP contribution is -2.43. The SMILES string of the molecule is C=C[C@@H]1OC(O)C[C@@H]2[C@H]1OC[C@@H]2C=C. The molecule has 0 aromatic carbocycles. The van der Waals surface area contributed by atoms with E-state index >= 15 is 0 Å². The van der Waals surface area contributed by atoms with E-state index in [1.54, 1.807) is 6.08 Å². The fourth-order valence-electron chi connectivity index (χ4n) is 2.34. The highest BCUT2D eigenvalue weighted by Crippen LogP contribution is 2.38. The van der Waals surface area contributed by atoms with Crippen LogP contribution < -0.4 is 0 Å². The van der Waals surface area contributed by atoms with Gasteiger partial charge in [-0.15, -0.1) is 13.2 Å². The number of fused-ring (bicyclic) bond motifs is 1. The third-order valence-electron chi connectivity index (χ3n) is 3.10. The van der Waals surface area contributed by atoms with Gasteiger partial charge in [-0.3, -0.25) is 0 Å². The average Bonchev–Trinajstić information content (AvgIpc) is 2.59. The number of hydrogen-bond acceptors (Lipinski definition) is 3. The van der Waals surface area contributed by atoms with E-state index in [1.165, 1.54) is 0 Å². The molecule has 0 saturated carbocycles. The van der Waals surface area contributed by atoms with Crippen LogP contribution in [0.1, 0.15) is 6.42 Å². The quantitative estimate of drug-likeness (QED) is 0.672. The maximum Gasteiger partial charge on any atom is 0.155 e. The Morgan fingerprint density at radius 1 is 1.29 bits per heavy atom. The summed E-state index contributed by atoms with van der Waals surface area (Å²) in [4.78, 5) is 0. The predicted molar refractivity (Wildman–Crippen MR) is 52.6 cm³/mol.